The van der Waals surface area contributed by atoms with Gasteiger partial charge < -0.3 is 14.0 Å². The molecule has 5 aromatic rings. The highest BCUT2D eigenvalue weighted by Crippen LogP contribution is 2.35. The van der Waals surface area contributed by atoms with Gasteiger partial charge in [-0.15, -0.1) is 11.3 Å². The first kappa shape index (κ1) is 19.9. The zero-order valence-corrected chi connectivity index (χ0v) is 18.4. The molecule has 1 aliphatic rings. The summed E-state index contributed by atoms with van der Waals surface area (Å²) in [6.07, 6.45) is 0. The summed E-state index contributed by atoms with van der Waals surface area (Å²) < 4.78 is 31.2. The second-order valence-corrected chi connectivity index (χ2v) is 8.90. The largest absolute Gasteiger partial charge is 0.454 e. The predicted molar refractivity (Wildman–Crippen MR) is 121 cm³/mol. The third-order valence-corrected chi connectivity index (χ3v) is 6.74. The Morgan fingerprint density at radius 3 is 2.70 bits per heavy atom. The molecule has 0 N–H and O–H groups in total. The van der Waals surface area contributed by atoms with Crippen LogP contribution in [-0.2, 0) is 5.75 Å². The van der Waals surface area contributed by atoms with Gasteiger partial charge in [0, 0.05) is 6.07 Å². The van der Waals surface area contributed by atoms with Crippen molar-refractivity contribution in [3.63, 3.8) is 0 Å². The van der Waals surface area contributed by atoms with Crippen LogP contribution in [0.4, 0.5) is 4.39 Å². The molecule has 0 radical (unpaired) electrons. The lowest BCUT2D eigenvalue weighted by molar-refractivity contribution is 0.174. The number of nitrogens with zero attached hydrogens (tertiary/aromatic N) is 4. The molecule has 33 heavy (non-hydrogen) atoms. The van der Waals surface area contributed by atoms with Crippen LogP contribution in [0.2, 0.25) is 0 Å². The first-order chi connectivity index (χ1) is 16.2. The van der Waals surface area contributed by atoms with Gasteiger partial charge in [-0.05, 0) is 41.8 Å². The molecule has 164 valence electrons. The van der Waals surface area contributed by atoms with Crippen molar-refractivity contribution in [2.75, 3.05) is 6.79 Å². The number of benzene rings is 2. The van der Waals surface area contributed by atoms with E-state index in [1.807, 2.05) is 17.5 Å². The quantitative estimate of drug-likeness (QED) is 0.265. The number of hydrogen-bond donors (Lipinski definition) is 0. The van der Waals surface area contributed by atoms with E-state index in [2.05, 4.69) is 10.1 Å². The minimum atomic E-state index is -0.398. The molecule has 2 aromatic carbocycles. The molecule has 6 rings (SSSR count). The zero-order chi connectivity index (χ0) is 22.4. The van der Waals surface area contributed by atoms with Crippen molar-refractivity contribution in [1.29, 1.82) is 0 Å². The molecule has 1 aliphatic heterocycles. The van der Waals surface area contributed by atoms with Crippen LogP contribution < -0.4 is 15.0 Å². The van der Waals surface area contributed by atoms with Gasteiger partial charge in [-0.2, -0.15) is 4.98 Å². The monoisotopic (exact) mass is 480 g/mol. The molecule has 0 spiro atoms. The van der Waals surface area contributed by atoms with Crippen LogP contribution in [0.15, 0.2) is 68.4 Å². The van der Waals surface area contributed by atoms with Gasteiger partial charge in [-0.3, -0.25) is 9.36 Å². The van der Waals surface area contributed by atoms with Gasteiger partial charge in [0.25, 0.3) is 5.56 Å². The van der Waals surface area contributed by atoms with Crippen LogP contribution in [-0.4, -0.2) is 26.5 Å². The Labute approximate surface area is 193 Å². The summed E-state index contributed by atoms with van der Waals surface area (Å²) in [4.78, 5) is 23.5. The van der Waals surface area contributed by atoms with Gasteiger partial charge in [0.05, 0.1) is 27.2 Å². The predicted octanol–water partition coefficient (Wildman–Crippen LogP) is 4.66. The third kappa shape index (κ3) is 3.64. The number of hydrogen-bond acceptors (Lipinski definition) is 9. The summed E-state index contributed by atoms with van der Waals surface area (Å²) in [7, 11) is 0. The summed E-state index contributed by atoms with van der Waals surface area (Å²) in [6, 6.07) is 12.8. The second-order valence-electron chi connectivity index (χ2n) is 7.01. The molecule has 0 unspecified atom stereocenters. The lowest BCUT2D eigenvalue weighted by Gasteiger charge is -2.13. The van der Waals surface area contributed by atoms with Gasteiger partial charge in [0.15, 0.2) is 16.7 Å². The van der Waals surface area contributed by atoms with Crippen molar-refractivity contribution in [2.24, 2.45) is 0 Å². The van der Waals surface area contributed by atoms with Gasteiger partial charge in [-0.1, -0.05) is 23.0 Å². The Balaban J connectivity index is 1.42. The van der Waals surface area contributed by atoms with Gasteiger partial charge >= 0.3 is 0 Å². The lowest BCUT2D eigenvalue weighted by atomic mass is 10.2. The highest BCUT2D eigenvalue weighted by Gasteiger charge is 2.20. The fourth-order valence-corrected chi connectivity index (χ4v) is 4.92. The van der Waals surface area contributed by atoms with Gasteiger partial charge in [0.1, 0.15) is 5.82 Å². The van der Waals surface area contributed by atoms with E-state index in [1.165, 1.54) is 51.9 Å². The first-order valence-corrected chi connectivity index (χ1v) is 11.6. The Morgan fingerprint density at radius 2 is 1.91 bits per heavy atom. The SMILES string of the molecule is O=c1c2cc3c(cc2nc(SCc2nc(-c4cccs4)no2)n1-c1ccc(F)cc1)OCO3. The van der Waals surface area contributed by atoms with Crippen molar-refractivity contribution in [1.82, 2.24) is 19.7 Å². The van der Waals surface area contributed by atoms with E-state index < -0.39 is 5.82 Å². The molecular formula is C22H13FN4O4S2. The standard InChI is InChI=1S/C22H13FN4O4S2/c23-12-3-5-13(6-4-12)27-21(28)14-8-16-17(30-11-29-16)9-15(14)24-22(27)33-10-19-25-20(26-31-19)18-2-1-7-32-18/h1-9H,10-11H2. The normalized spacial score (nSPS) is 12.5. The number of thiophene rings is 1. The van der Waals surface area contributed by atoms with E-state index in [1.54, 1.807) is 12.1 Å². The van der Waals surface area contributed by atoms with E-state index in [4.69, 9.17) is 19.0 Å². The lowest BCUT2D eigenvalue weighted by Crippen LogP contribution is -2.21. The molecule has 8 nitrogen and oxygen atoms in total. The summed E-state index contributed by atoms with van der Waals surface area (Å²) in [5, 5.41) is 6.72. The summed E-state index contributed by atoms with van der Waals surface area (Å²) in [5.74, 6) is 1.82. The molecule has 0 bridgehead atoms. The summed E-state index contributed by atoms with van der Waals surface area (Å²) >= 11 is 2.78. The summed E-state index contributed by atoms with van der Waals surface area (Å²) in [5.41, 5.74) is 0.646. The molecule has 0 saturated heterocycles. The number of aromatic nitrogens is 4. The Morgan fingerprint density at radius 1 is 1.09 bits per heavy atom. The van der Waals surface area contributed by atoms with Crippen molar-refractivity contribution < 1.29 is 18.4 Å². The maximum atomic E-state index is 13.5. The smallest absolute Gasteiger partial charge is 0.266 e. The third-order valence-electron chi connectivity index (χ3n) is 4.95. The molecule has 4 heterocycles. The average Bonchev–Trinajstić information content (AvgIpc) is 3.59. The molecule has 0 amide bonds. The maximum absolute atomic E-state index is 13.5. The molecule has 3 aromatic heterocycles. The highest BCUT2D eigenvalue weighted by molar-refractivity contribution is 7.98. The van der Waals surface area contributed by atoms with E-state index >= 15 is 0 Å². The van der Waals surface area contributed by atoms with Crippen LogP contribution in [0.25, 0.3) is 27.3 Å². The van der Waals surface area contributed by atoms with Crippen LogP contribution in [0.1, 0.15) is 5.89 Å². The van der Waals surface area contributed by atoms with Crippen molar-refractivity contribution in [2.45, 2.75) is 10.9 Å². The number of rotatable bonds is 5. The second kappa shape index (κ2) is 8.01. The van der Waals surface area contributed by atoms with Crippen molar-refractivity contribution in [3.05, 3.63) is 76.0 Å². The van der Waals surface area contributed by atoms with Crippen LogP contribution in [0, 0.1) is 5.82 Å². The minimum Gasteiger partial charge on any atom is -0.454 e. The highest BCUT2D eigenvalue weighted by atomic mass is 32.2. The Bertz CT molecular complexity index is 1530. The number of fused-ring (bicyclic) bond motifs is 2. The van der Waals surface area contributed by atoms with Crippen LogP contribution >= 0.6 is 23.1 Å². The molecule has 0 atom stereocenters. The van der Waals surface area contributed by atoms with Crippen LogP contribution in [0.5, 0.6) is 11.5 Å². The van der Waals surface area contributed by atoms with E-state index in [-0.39, 0.29) is 12.4 Å². The van der Waals surface area contributed by atoms with Gasteiger partial charge in [0.2, 0.25) is 18.5 Å². The minimum absolute atomic E-state index is 0.0865. The molecular weight excluding hydrogens is 467 g/mol. The molecule has 0 aliphatic carbocycles. The Hall–Kier alpha value is -3.70. The summed E-state index contributed by atoms with van der Waals surface area (Å²) in [6.45, 7) is 0.0865. The Kier molecular flexibility index (Phi) is 4.84. The number of ether oxygens (including phenoxy) is 2. The number of halogens is 1. The van der Waals surface area contributed by atoms with Crippen molar-refractivity contribution >= 4 is 34.0 Å². The molecule has 0 fully saturated rings. The molecule has 0 saturated carbocycles. The zero-order valence-electron chi connectivity index (χ0n) is 16.7. The van der Waals surface area contributed by atoms with E-state index in [0.29, 0.717) is 50.7 Å². The topological polar surface area (TPSA) is 92.3 Å². The molecule has 11 heteroatoms. The van der Waals surface area contributed by atoms with Crippen LogP contribution in [0.3, 0.4) is 0 Å². The fraction of sp³-hybridized carbons (Fsp3) is 0.0909. The van der Waals surface area contributed by atoms with E-state index in [0.717, 1.165) is 4.88 Å². The van der Waals surface area contributed by atoms with Crippen molar-refractivity contribution in [3.8, 4) is 27.9 Å². The first-order valence-electron chi connectivity index (χ1n) is 9.77. The maximum Gasteiger partial charge on any atom is 0.266 e. The van der Waals surface area contributed by atoms with Gasteiger partial charge in [-0.25, -0.2) is 9.37 Å². The number of thioether (sulfide) groups is 1. The van der Waals surface area contributed by atoms with E-state index in [9.17, 15) is 9.18 Å². The average molecular weight is 481 g/mol. The fourth-order valence-electron chi connectivity index (χ4n) is 3.42.